The van der Waals surface area contributed by atoms with E-state index in [1.165, 1.54) is 31.4 Å². The molecule has 146 valence electrons. The average Bonchev–Trinajstić information content (AvgIpc) is 2.71. The quantitative estimate of drug-likeness (QED) is 0.659. The Labute approximate surface area is 161 Å². The van der Waals surface area contributed by atoms with Crippen LogP contribution in [0, 0.1) is 0 Å². The molecular weight excluding hydrogens is 364 g/mol. The number of ether oxygens (including phenoxy) is 2. The van der Waals surface area contributed by atoms with Crippen LogP contribution in [0.4, 0.5) is 0 Å². The number of primary amides is 1. The van der Waals surface area contributed by atoms with E-state index in [1.807, 2.05) is 6.07 Å². The van der Waals surface area contributed by atoms with E-state index >= 15 is 0 Å². The van der Waals surface area contributed by atoms with Gasteiger partial charge >= 0.3 is 11.9 Å². The molecule has 0 heterocycles. The Bertz CT molecular complexity index is 866. The summed E-state index contributed by atoms with van der Waals surface area (Å²) in [5.74, 6) is -2.83. The van der Waals surface area contributed by atoms with Crippen LogP contribution >= 0.6 is 0 Å². The second kappa shape index (κ2) is 9.86. The van der Waals surface area contributed by atoms with Gasteiger partial charge in [0.15, 0.2) is 0 Å². The summed E-state index contributed by atoms with van der Waals surface area (Å²) in [5.41, 5.74) is 6.36. The smallest absolute Gasteiger partial charge is 0.337 e. The van der Waals surface area contributed by atoms with Gasteiger partial charge in [-0.1, -0.05) is 36.4 Å². The van der Waals surface area contributed by atoms with E-state index in [0.29, 0.717) is 0 Å². The van der Waals surface area contributed by atoms with Crippen molar-refractivity contribution in [1.29, 1.82) is 0 Å². The highest BCUT2D eigenvalue weighted by Crippen LogP contribution is 2.08. The van der Waals surface area contributed by atoms with Crippen LogP contribution in [0.25, 0.3) is 0 Å². The summed E-state index contributed by atoms with van der Waals surface area (Å²) in [6.07, 6.45) is -0.412. The van der Waals surface area contributed by atoms with Crippen molar-refractivity contribution in [3.63, 3.8) is 0 Å². The Balaban J connectivity index is 1.98. The van der Waals surface area contributed by atoms with E-state index in [2.05, 4.69) is 10.1 Å². The highest BCUT2D eigenvalue weighted by Gasteiger charge is 2.23. The molecule has 0 fully saturated rings. The number of nitrogens with two attached hydrogens (primary N) is 1. The van der Waals surface area contributed by atoms with Gasteiger partial charge < -0.3 is 20.5 Å². The molecule has 2 aromatic carbocycles. The number of amides is 2. The number of hydrogen-bond donors (Lipinski definition) is 2. The molecule has 0 unspecified atom stereocenters. The fourth-order valence-electron chi connectivity index (χ4n) is 2.33. The summed E-state index contributed by atoms with van der Waals surface area (Å²) in [6.45, 7) is 0.0419. The number of nitrogens with one attached hydrogen (secondary N) is 1. The molecule has 0 spiro atoms. The molecule has 0 aliphatic carbocycles. The van der Waals surface area contributed by atoms with Gasteiger partial charge in [0.25, 0.3) is 5.91 Å². The summed E-state index contributed by atoms with van der Waals surface area (Å²) >= 11 is 0. The molecule has 0 aliphatic rings. The minimum Gasteiger partial charge on any atom is -0.465 e. The molecule has 1 atom stereocenters. The maximum atomic E-state index is 12.4. The molecule has 0 saturated carbocycles. The van der Waals surface area contributed by atoms with E-state index in [9.17, 15) is 19.2 Å². The molecule has 28 heavy (non-hydrogen) atoms. The number of esters is 2. The van der Waals surface area contributed by atoms with E-state index in [1.54, 1.807) is 24.3 Å². The number of methoxy groups -OCH3 is 1. The first-order valence-electron chi connectivity index (χ1n) is 8.39. The van der Waals surface area contributed by atoms with Crippen molar-refractivity contribution < 1.29 is 28.7 Å². The second-order valence-corrected chi connectivity index (χ2v) is 5.85. The SMILES string of the molecule is COC(=O)c1cccc(C(=O)N[C@H](CC(=O)OCc2ccccc2)C(N)=O)c1. The van der Waals surface area contributed by atoms with Gasteiger partial charge in [-0.25, -0.2) is 4.79 Å². The van der Waals surface area contributed by atoms with E-state index in [0.717, 1.165) is 5.56 Å². The largest absolute Gasteiger partial charge is 0.465 e. The van der Waals surface area contributed by atoms with Crippen LogP contribution in [-0.4, -0.2) is 36.9 Å². The predicted molar refractivity (Wildman–Crippen MR) is 99.1 cm³/mol. The van der Waals surface area contributed by atoms with Gasteiger partial charge in [-0.3, -0.25) is 14.4 Å². The molecule has 0 aliphatic heterocycles. The molecular formula is C20H20N2O6. The maximum Gasteiger partial charge on any atom is 0.337 e. The Hall–Kier alpha value is -3.68. The first kappa shape index (κ1) is 20.6. The summed E-state index contributed by atoms with van der Waals surface area (Å²) < 4.78 is 9.70. The van der Waals surface area contributed by atoms with Gasteiger partial charge in [0, 0.05) is 5.56 Å². The Morgan fingerprint density at radius 3 is 2.32 bits per heavy atom. The third-order valence-electron chi connectivity index (χ3n) is 3.81. The number of carbonyl (C=O) groups is 4. The molecule has 2 rings (SSSR count). The third-order valence-corrected chi connectivity index (χ3v) is 3.81. The average molecular weight is 384 g/mol. The molecule has 2 amide bonds. The molecule has 8 nitrogen and oxygen atoms in total. The number of hydrogen-bond acceptors (Lipinski definition) is 6. The number of benzene rings is 2. The molecule has 0 aromatic heterocycles. The van der Waals surface area contributed by atoms with Crippen molar-refractivity contribution in [2.45, 2.75) is 19.1 Å². The highest BCUT2D eigenvalue weighted by atomic mass is 16.5. The van der Waals surface area contributed by atoms with Crippen LogP contribution < -0.4 is 11.1 Å². The summed E-state index contributed by atoms with van der Waals surface area (Å²) in [6, 6.07) is 13.5. The van der Waals surface area contributed by atoms with E-state index in [-0.39, 0.29) is 17.7 Å². The minimum atomic E-state index is -1.25. The van der Waals surface area contributed by atoms with Crippen LogP contribution in [0.5, 0.6) is 0 Å². The van der Waals surface area contributed by atoms with Crippen LogP contribution in [-0.2, 0) is 25.7 Å². The second-order valence-electron chi connectivity index (χ2n) is 5.85. The molecule has 3 N–H and O–H groups in total. The number of rotatable bonds is 8. The van der Waals surface area contributed by atoms with Gasteiger partial charge in [-0.2, -0.15) is 0 Å². The van der Waals surface area contributed by atoms with Crippen LogP contribution in [0.2, 0.25) is 0 Å². The Morgan fingerprint density at radius 1 is 1.00 bits per heavy atom. The van der Waals surface area contributed by atoms with Crippen molar-refractivity contribution in [3.05, 3.63) is 71.3 Å². The lowest BCUT2D eigenvalue weighted by atomic mass is 10.1. The lowest BCUT2D eigenvalue weighted by molar-refractivity contribution is -0.146. The normalized spacial score (nSPS) is 11.2. The van der Waals surface area contributed by atoms with Gasteiger partial charge in [-0.15, -0.1) is 0 Å². The van der Waals surface area contributed by atoms with Crippen LogP contribution in [0.1, 0.15) is 32.7 Å². The molecule has 0 radical (unpaired) electrons. The summed E-state index contributed by atoms with van der Waals surface area (Å²) in [4.78, 5) is 47.5. The fraction of sp³-hybridized carbons (Fsp3) is 0.200. The molecule has 0 bridgehead atoms. The van der Waals surface area contributed by atoms with Gasteiger partial charge in [0.05, 0.1) is 19.1 Å². The number of carbonyl (C=O) groups excluding carboxylic acids is 4. The van der Waals surface area contributed by atoms with E-state index in [4.69, 9.17) is 10.5 Å². The van der Waals surface area contributed by atoms with Gasteiger partial charge in [0.2, 0.25) is 5.91 Å². The Kier molecular flexibility index (Phi) is 7.27. The Morgan fingerprint density at radius 2 is 1.68 bits per heavy atom. The van der Waals surface area contributed by atoms with Crippen molar-refractivity contribution in [3.8, 4) is 0 Å². The zero-order valence-electron chi connectivity index (χ0n) is 15.2. The van der Waals surface area contributed by atoms with Crippen molar-refractivity contribution >= 4 is 23.8 Å². The van der Waals surface area contributed by atoms with Crippen molar-refractivity contribution in [1.82, 2.24) is 5.32 Å². The van der Waals surface area contributed by atoms with E-state index < -0.39 is 36.2 Å². The van der Waals surface area contributed by atoms with Crippen molar-refractivity contribution in [2.75, 3.05) is 7.11 Å². The zero-order chi connectivity index (χ0) is 20.5. The highest BCUT2D eigenvalue weighted by molar-refractivity contribution is 6.00. The minimum absolute atomic E-state index is 0.0419. The third kappa shape index (κ3) is 5.94. The monoisotopic (exact) mass is 384 g/mol. The van der Waals surface area contributed by atoms with Crippen molar-refractivity contribution in [2.24, 2.45) is 5.73 Å². The first-order valence-corrected chi connectivity index (χ1v) is 8.39. The maximum absolute atomic E-state index is 12.4. The lowest BCUT2D eigenvalue weighted by Gasteiger charge is -2.15. The summed E-state index contributed by atoms with van der Waals surface area (Å²) in [7, 11) is 1.22. The van der Waals surface area contributed by atoms with Gasteiger partial charge in [0.1, 0.15) is 12.6 Å². The topological polar surface area (TPSA) is 125 Å². The fourth-order valence-corrected chi connectivity index (χ4v) is 2.33. The molecule has 2 aromatic rings. The van der Waals surface area contributed by atoms with Crippen LogP contribution in [0.15, 0.2) is 54.6 Å². The summed E-state index contributed by atoms with van der Waals surface area (Å²) in [5, 5.41) is 2.38. The van der Waals surface area contributed by atoms with Crippen LogP contribution in [0.3, 0.4) is 0 Å². The molecule has 0 saturated heterocycles. The lowest BCUT2D eigenvalue weighted by Crippen LogP contribution is -2.45. The van der Waals surface area contributed by atoms with Gasteiger partial charge in [-0.05, 0) is 23.8 Å². The standard InChI is InChI=1S/C20H20N2O6/c1-27-20(26)15-9-5-8-14(10-15)19(25)22-16(18(21)24)11-17(23)28-12-13-6-3-2-4-7-13/h2-10,16H,11-12H2,1H3,(H2,21,24)(H,22,25)/t16-/m1/s1. The molecule has 8 heteroatoms. The first-order chi connectivity index (χ1) is 13.4. The predicted octanol–water partition coefficient (Wildman–Crippen LogP) is 1.19. The zero-order valence-corrected chi connectivity index (χ0v) is 15.2.